The number of aliphatic hydroxyl groups is 1. The molecule has 0 saturated heterocycles. The van der Waals surface area contributed by atoms with E-state index < -0.39 is 0 Å². The molecule has 114 valence electrons. The largest absolute Gasteiger partial charge is 0.394 e. The van der Waals surface area contributed by atoms with Crippen molar-refractivity contribution in [2.24, 2.45) is 0 Å². The molecule has 6 heteroatoms. The highest BCUT2D eigenvalue weighted by Gasteiger charge is 2.15. The summed E-state index contributed by atoms with van der Waals surface area (Å²) >= 11 is 1.69. The first-order chi connectivity index (χ1) is 10.7. The highest BCUT2D eigenvalue weighted by Crippen LogP contribution is 2.31. The van der Waals surface area contributed by atoms with Gasteiger partial charge in [0.05, 0.1) is 18.0 Å². The molecule has 0 amide bonds. The molecule has 0 aliphatic rings. The Morgan fingerprint density at radius 1 is 1.36 bits per heavy atom. The maximum absolute atomic E-state index is 9.70. The van der Waals surface area contributed by atoms with Gasteiger partial charge in [0.1, 0.15) is 16.5 Å². The second-order valence-corrected chi connectivity index (χ2v) is 6.19. The molecule has 0 aliphatic heterocycles. The second-order valence-electron chi connectivity index (χ2n) is 5.07. The first kappa shape index (κ1) is 14.9. The van der Waals surface area contributed by atoms with Gasteiger partial charge in [0.2, 0.25) is 0 Å². The molecule has 3 heterocycles. The number of anilines is 1. The van der Waals surface area contributed by atoms with Crippen LogP contribution in [0.1, 0.15) is 29.2 Å². The SMILES string of the molecule is CCc1cc2c(NC(CO)c3cccnc3)nc(C)nc2s1. The number of rotatable bonds is 5. The Bertz CT molecular complexity index is 772. The van der Waals surface area contributed by atoms with Gasteiger partial charge in [0.15, 0.2) is 0 Å². The van der Waals surface area contributed by atoms with Gasteiger partial charge in [0.25, 0.3) is 0 Å². The molecular weight excluding hydrogens is 296 g/mol. The Labute approximate surface area is 133 Å². The summed E-state index contributed by atoms with van der Waals surface area (Å²) < 4.78 is 0. The van der Waals surface area contributed by atoms with Crippen LogP contribution in [0.25, 0.3) is 10.2 Å². The quantitative estimate of drug-likeness (QED) is 0.757. The first-order valence-electron chi connectivity index (χ1n) is 7.25. The van der Waals surface area contributed by atoms with Gasteiger partial charge in [-0.15, -0.1) is 11.3 Å². The van der Waals surface area contributed by atoms with Crippen LogP contribution in [0, 0.1) is 6.92 Å². The number of hydrogen-bond donors (Lipinski definition) is 2. The molecule has 3 aromatic heterocycles. The van der Waals surface area contributed by atoms with Crippen molar-refractivity contribution in [1.82, 2.24) is 15.0 Å². The topological polar surface area (TPSA) is 70.9 Å². The molecule has 5 nitrogen and oxygen atoms in total. The van der Waals surface area contributed by atoms with Gasteiger partial charge < -0.3 is 10.4 Å². The van der Waals surface area contributed by atoms with Crippen LogP contribution in [-0.2, 0) is 6.42 Å². The lowest BCUT2D eigenvalue weighted by atomic mass is 10.1. The highest BCUT2D eigenvalue weighted by atomic mass is 32.1. The molecule has 0 spiro atoms. The van der Waals surface area contributed by atoms with E-state index in [0.29, 0.717) is 0 Å². The summed E-state index contributed by atoms with van der Waals surface area (Å²) in [5.41, 5.74) is 0.931. The third-order valence-electron chi connectivity index (χ3n) is 3.48. The second kappa shape index (κ2) is 6.37. The fourth-order valence-electron chi connectivity index (χ4n) is 2.34. The number of fused-ring (bicyclic) bond motifs is 1. The van der Waals surface area contributed by atoms with E-state index in [4.69, 9.17) is 0 Å². The van der Waals surface area contributed by atoms with Gasteiger partial charge in [-0.2, -0.15) is 0 Å². The molecule has 3 rings (SSSR count). The number of aryl methyl sites for hydroxylation is 2. The summed E-state index contributed by atoms with van der Waals surface area (Å²) in [6.07, 6.45) is 4.45. The molecule has 0 radical (unpaired) electrons. The minimum Gasteiger partial charge on any atom is -0.394 e. The average molecular weight is 314 g/mol. The van der Waals surface area contributed by atoms with Crippen molar-refractivity contribution in [3.63, 3.8) is 0 Å². The normalized spacial score (nSPS) is 12.5. The minimum absolute atomic E-state index is 0.0268. The van der Waals surface area contributed by atoms with Crippen LogP contribution < -0.4 is 5.32 Å². The Balaban J connectivity index is 2.00. The zero-order chi connectivity index (χ0) is 15.5. The molecule has 0 aromatic carbocycles. The van der Waals surface area contributed by atoms with Crippen molar-refractivity contribution in [3.05, 3.63) is 46.9 Å². The van der Waals surface area contributed by atoms with Crippen LogP contribution in [0.4, 0.5) is 5.82 Å². The zero-order valence-corrected chi connectivity index (χ0v) is 13.4. The van der Waals surface area contributed by atoms with Crippen LogP contribution in [0.5, 0.6) is 0 Å². The lowest BCUT2D eigenvalue weighted by Gasteiger charge is -2.17. The van der Waals surface area contributed by atoms with Gasteiger partial charge in [-0.3, -0.25) is 4.98 Å². The third-order valence-corrected chi connectivity index (χ3v) is 4.66. The number of aromatic nitrogens is 3. The summed E-state index contributed by atoms with van der Waals surface area (Å²) in [6, 6.07) is 5.69. The molecule has 0 saturated carbocycles. The number of nitrogens with one attached hydrogen (secondary N) is 1. The number of pyridine rings is 1. The predicted octanol–water partition coefficient (Wildman–Crippen LogP) is 3.10. The molecule has 22 heavy (non-hydrogen) atoms. The van der Waals surface area contributed by atoms with Crippen LogP contribution >= 0.6 is 11.3 Å². The highest BCUT2D eigenvalue weighted by molar-refractivity contribution is 7.18. The van der Waals surface area contributed by atoms with Gasteiger partial charge in [0, 0.05) is 17.3 Å². The van der Waals surface area contributed by atoms with Crippen molar-refractivity contribution in [2.45, 2.75) is 26.3 Å². The lowest BCUT2D eigenvalue weighted by molar-refractivity contribution is 0.276. The fourth-order valence-corrected chi connectivity index (χ4v) is 3.36. The van der Waals surface area contributed by atoms with Crippen molar-refractivity contribution in [3.8, 4) is 0 Å². The summed E-state index contributed by atoms with van der Waals surface area (Å²) in [6.45, 7) is 3.99. The third kappa shape index (κ3) is 2.93. The van der Waals surface area contributed by atoms with Gasteiger partial charge in [-0.05, 0) is 31.0 Å². The number of thiophene rings is 1. The summed E-state index contributed by atoms with van der Waals surface area (Å²) in [5.74, 6) is 1.49. The van der Waals surface area contributed by atoms with E-state index in [2.05, 4.69) is 33.3 Å². The van der Waals surface area contributed by atoms with Gasteiger partial charge >= 0.3 is 0 Å². The Morgan fingerprint density at radius 3 is 2.91 bits per heavy atom. The Kier molecular flexibility index (Phi) is 4.31. The number of nitrogens with zero attached hydrogens (tertiary/aromatic N) is 3. The van der Waals surface area contributed by atoms with Gasteiger partial charge in [-0.1, -0.05) is 13.0 Å². The van der Waals surface area contributed by atoms with Crippen molar-refractivity contribution in [2.75, 3.05) is 11.9 Å². The Morgan fingerprint density at radius 2 is 2.23 bits per heavy atom. The molecule has 2 N–H and O–H groups in total. The molecule has 3 aromatic rings. The van der Waals surface area contributed by atoms with Crippen LogP contribution in [-0.4, -0.2) is 26.7 Å². The smallest absolute Gasteiger partial charge is 0.139 e. The van der Waals surface area contributed by atoms with Crippen molar-refractivity contribution >= 4 is 27.4 Å². The molecular formula is C16H18N4OS. The van der Waals surface area contributed by atoms with E-state index in [-0.39, 0.29) is 12.6 Å². The van der Waals surface area contributed by atoms with Crippen LogP contribution in [0.3, 0.4) is 0 Å². The average Bonchev–Trinajstić information content (AvgIpc) is 2.96. The molecule has 1 unspecified atom stereocenters. The molecule has 0 bridgehead atoms. The van der Waals surface area contributed by atoms with Crippen LogP contribution in [0.2, 0.25) is 0 Å². The van der Waals surface area contributed by atoms with E-state index in [1.807, 2.05) is 19.1 Å². The molecule has 0 aliphatic carbocycles. The number of aliphatic hydroxyl groups excluding tert-OH is 1. The van der Waals surface area contributed by atoms with E-state index in [0.717, 1.165) is 33.8 Å². The van der Waals surface area contributed by atoms with Crippen molar-refractivity contribution in [1.29, 1.82) is 0 Å². The van der Waals surface area contributed by atoms with E-state index in [1.165, 1.54) is 4.88 Å². The summed E-state index contributed by atoms with van der Waals surface area (Å²) in [7, 11) is 0. The van der Waals surface area contributed by atoms with Gasteiger partial charge in [-0.25, -0.2) is 9.97 Å². The fraction of sp³-hybridized carbons (Fsp3) is 0.312. The predicted molar refractivity (Wildman–Crippen MR) is 89.2 cm³/mol. The minimum atomic E-state index is -0.240. The maximum Gasteiger partial charge on any atom is 0.139 e. The maximum atomic E-state index is 9.70. The monoisotopic (exact) mass is 314 g/mol. The first-order valence-corrected chi connectivity index (χ1v) is 8.07. The lowest BCUT2D eigenvalue weighted by Crippen LogP contribution is -2.16. The van der Waals surface area contributed by atoms with Crippen molar-refractivity contribution < 1.29 is 5.11 Å². The van der Waals surface area contributed by atoms with E-state index >= 15 is 0 Å². The summed E-state index contributed by atoms with van der Waals surface area (Å²) in [4.78, 5) is 15.4. The zero-order valence-electron chi connectivity index (χ0n) is 12.6. The van der Waals surface area contributed by atoms with E-state index in [9.17, 15) is 5.11 Å². The van der Waals surface area contributed by atoms with E-state index in [1.54, 1.807) is 23.7 Å². The summed E-state index contributed by atoms with van der Waals surface area (Å²) in [5, 5.41) is 14.0. The standard InChI is InChI=1S/C16H18N4OS/c1-3-12-7-13-15(18-10(2)19-16(13)22-12)20-14(9-21)11-5-4-6-17-8-11/h4-8,14,21H,3,9H2,1-2H3,(H,18,19,20). The Hall–Kier alpha value is -2.05. The molecule has 1 atom stereocenters. The van der Waals surface area contributed by atoms with Crippen LogP contribution in [0.15, 0.2) is 30.6 Å². The molecule has 0 fully saturated rings. The number of hydrogen-bond acceptors (Lipinski definition) is 6.